The summed E-state index contributed by atoms with van der Waals surface area (Å²) in [5, 5.41) is 8.74. The third kappa shape index (κ3) is 4.32. The molecule has 0 N–H and O–H groups in total. The third-order valence-electron chi connectivity index (χ3n) is 3.75. The quantitative estimate of drug-likeness (QED) is 0.608. The Morgan fingerprint density at radius 3 is 2.50 bits per heavy atom. The van der Waals surface area contributed by atoms with E-state index in [2.05, 4.69) is 6.07 Å². The normalized spacial score (nSPS) is 22.6. The Morgan fingerprint density at radius 1 is 1.20 bits per heavy atom. The van der Waals surface area contributed by atoms with Crippen molar-refractivity contribution in [2.75, 3.05) is 0 Å². The first-order valence-electron chi connectivity index (χ1n) is 7.04. The van der Waals surface area contributed by atoms with Crippen LogP contribution in [0.1, 0.15) is 36.8 Å². The molecule has 0 bridgehead atoms. The standard InChI is InChI=1S/C17H19NO2/c18-12-15-3-5-16(6-4-15)13-20-17-9-7-14(8-10-17)2-1-11-19/h1-6,11,14,17H,7-10,13H2/t14-,17-. The summed E-state index contributed by atoms with van der Waals surface area (Å²) in [4.78, 5) is 10.3. The van der Waals surface area contributed by atoms with Crippen LogP contribution in [-0.4, -0.2) is 12.4 Å². The lowest BCUT2D eigenvalue weighted by atomic mass is 9.87. The second-order valence-electron chi connectivity index (χ2n) is 5.18. The lowest BCUT2D eigenvalue weighted by molar-refractivity contribution is -0.104. The first kappa shape index (κ1) is 14.5. The van der Waals surface area contributed by atoms with E-state index in [9.17, 15) is 4.79 Å². The topological polar surface area (TPSA) is 50.1 Å². The van der Waals surface area contributed by atoms with Crippen molar-refractivity contribution in [3.8, 4) is 6.07 Å². The van der Waals surface area contributed by atoms with Crippen LogP contribution in [0.5, 0.6) is 0 Å². The highest BCUT2D eigenvalue weighted by atomic mass is 16.5. The Balaban J connectivity index is 1.74. The number of carbonyl (C=O) groups is 1. The number of rotatable bonds is 5. The van der Waals surface area contributed by atoms with E-state index in [0.717, 1.165) is 37.5 Å². The molecule has 0 spiro atoms. The van der Waals surface area contributed by atoms with Gasteiger partial charge in [-0.15, -0.1) is 0 Å². The van der Waals surface area contributed by atoms with Crippen LogP contribution in [-0.2, 0) is 16.1 Å². The second kappa shape index (κ2) is 7.62. The van der Waals surface area contributed by atoms with Gasteiger partial charge in [-0.1, -0.05) is 18.2 Å². The summed E-state index contributed by atoms with van der Waals surface area (Å²) in [5.74, 6) is 0.523. The molecule has 0 unspecified atom stereocenters. The number of nitriles is 1. The van der Waals surface area contributed by atoms with Crippen LogP contribution >= 0.6 is 0 Å². The predicted octanol–water partition coefficient (Wildman–Crippen LogP) is 3.39. The van der Waals surface area contributed by atoms with Crippen molar-refractivity contribution in [2.45, 2.75) is 38.4 Å². The van der Waals surface area contributed by atoms with Crippen molar-refractivity contribution in [1.29, 1.82) is 5.26 Å². The predicted molar refractivity (Wildman–Crippen MR) is 76.9 cm³/mol. The van der Waals surface area contributed by atoms with Gasteiger partial charge in [0.05, 0.1) is 24.3 Å². The molecule has 3 heteroatoms. The maximum atomic E-state index is 10.3. The number of ether oxygens (including phenoxy) is 1. The molecule has 20 heavy (non-hydrogen) atoms. The van der Waals surface area contributed by atoms with Gasteiger partial charge in [-0.25, -0.2) is 0 Å². The number of hydrogen-bond acceptors (Lipinski definition) is 3. The molecule has 1 aliphatic carbocycles. The van der Waals surface area contributed by atoms with E-state index in [1.165, 1.54) is 0 Å². The first-order chi connectivity index (χ1) is 9.81. The van der Waals surface area contributed by atoms with Gasteiger partial charge >= 0.3 is 0 Å². The molecule has 0 saturated heterocycles. The molecule has 2 rings (SSSR count). The van der Waals surface area contributed by atoms with E-state index < -0.39 is 0 Å². The third-order valence-corrected chi connectivity index (χ3v) is 3.75. The van der Waals surface area contributed by atoms with Gasteiger partial charge in [0.25, 0.3) is 0 Å². The Morgan fingerprint density at radius 2 is 1.90 bits per heavy atom. The van der Waals surface area contributed by atoms with E-state index in [4.69, 9.17) is 10.00 Å². The summed E-state index contributed by atoms with van der Waals surface area (Å²) >= 11 is 0. The molecule has 1 fully saturated rings. The minimum Gasteiger partial charge on any atom is -0.374 e. The lowest BCUT2D eigenvalue weighted by Crippen LogP contribution is -2.20. The van der Waals surface area contributed by atoms with Gasteiger partial charge in [0, 0.05) is 0 Å². The summed E-state index contributed by atoms with van der Waals surface area (Å²) in [6.07, 6.45) is 9.02. The van der Waals surface area contributed by atoms with Gasteiger partial charge < -0.3 is 4.74 Å². The first-order valence-corrected chi connectivity index (χ1v) is 7.04. The molecule has 0 atom stereocenters. The van der Waals surface area contributed by atoms with E-state index >= 15 is 0 Å². The highest BCUT2D eigenvalue weighted by Crippen LogP contribution is 2.27. The number of aldehydes is 1. The molecule has 0 aliphatic heterocycles. The van der Waals surface area contributed by atoms with Crippen molar-refractivity contribution in [1.82, 2.24) is 0 Å². The fourth-order valence-corrected chi connectivity index (χ4v) is 2.54. The number of carbonyl (C=O) groups excluding carboxylic acids is 1. The molecule has 1 aromatic carbocycles. The lowest BCUT2D eigenvalue weighted by Gasteiger charge is -2.26. The zero-order chi connectivity index (χ0) is 14.2. The molecule has 0 aromatic heterocycles. The molecule has 3 nitrogen and oxygen atoms in total. The average Bonchev–Trinajstić information content (AvgIpc) is 2.52. The highest BCUT2D eigenvalue weighted by Gasteiger charge is 2.19. The van der Waals surface area contributed by atoms with Crippen LogP contribution in [0.4, 0.5) is 0 Å². The van der Waals surface area contributed by atoms with Crippen molar-refractivity contribution < 1.29 is 9.53 Å². The Labute approximate surface area is 119 Å². The van der Waals surface area contributed by atoms with Gasteiger partial charge in [-0.05, 0) is 55.4 Å². The maximum Gasteiger partial charge on any atom is 0.142 e. The Bertz CT molecular complexity index is 491. The molecule has 104 valence electrons. The number of nitrogens with zero attached hydrogens (tertiary/aromatic N) is 1. The van der Waals surface area contributed by atoms with Crippen LogP contribution in [0.25, 0.3) is 0 Å². The average molecular weight is 269 g/mol. The summed E-state index contributed by atoms with van der Waals surface area (Å²) in [7, 11) is 0. The van der Waals surface area contributed by atoms with Gasteiger partial charge in [0.15, 0.2) is 0 Å². The largest absolute Gasteiger partial charge is 0.374 e. The molecule has 1 aromatic rings. The van der Waals surface area contributed by atoms with E-state index in [1.54, 1.807) is 6.08 Å². The monoisotopic (exact) mass is 269 g/mol. The van der Waals surface area contributed by atoms with Crippen LogP contribution < -0.4 is 0 Å². The molecule has 0 radical (unpaired) electrons. The molecule has 0 amide bonds. The fourth-order valence-electron chi connectivity index (χ4n) is 2.54. The zero-order valence-corrected chi connectivity index (χ0v) is 11.5. The minimum atomic E-state index is 0.312. The number of allylic oxidation sites excluding steroid dienone is 2. The summed E-state index contributed by atoms with van der Waals surface area (Å²) < 4.78 is 5.92. The van der Waals surface area contributed by atoms with Gasteiger partial charge in [-0.2, -0.15) is 5.26 Å². The van der Waals surface area contributed by atoms with Gasteiger partial charge in [0.1, 0.15) is 6.29 Å². The Kier molecular flexibility index (Phi) is 5.52. The smallest absolute Gasteiger partial charge is 0.142 e. The summed E-state index contributed by atoms with van der Waals surface area (Å²) in [6, 6.07) is 9.63. The van der Waals surface area contributed by atoms with E-state index in [-0.39, 0.29) is 0 Å². The van der Waals surface area contributed by atoms with Crippen molar-refractivity contribution >= 4 is 6.29 Å². The van der Waals surface area contributed by atoms with E-state index in [1.807, 2.05) is 30.3 Å². The molecule has 1 saturated carbocycles. The number of hydrogen-bond donors (Lipinski definition) is 0. The minimum absolute atomic E-state index is 0.312. The van der Waals surface area contributed by atoms with Gasteiger partial charge in [0.2, 0.25) is 0 Å². The van der Waals surface area contributed by atoms with Crippen molar-refractivity contribution in [2.24, 2.45) is 5.92 Å². The summed E-state index contributed by atoms with van der Waals surface area (Å²) in [5.41, 5.74) is 1.78. The van der Waals surface area contributed by atoms with Crippen molar-refractivity contribution in [3.63, 3.8) is 0 Å². The van der Waals surface area contributed by atoms with E-state index in [0.29, 0.717) is 24.2 Å². The zero-order valence-electron chi connectivity index (χ0n) is 11.5. The highest BCUT2D eigenvalue weighted by molar-refractivity contribution is 5.64. The maximum absolute atomic E-state index is 10.3. The summed E-state index contributed by atoms with van der Waals surface area (Å²) in [6.45, 7) is 0.602. The van der Waals surface area contributed by atoms with Crippen LogP contribution in [0, 0.1) is 17.2 Å². The second-order valence-corrected chi connectivity index (χ2v) is 5.18. The molecule has 1 aliphatic rings. The fraction of sp³-hybridized carbons (Fsp3) is 0.412. The molecule has 0 heterocycles. The Hall–Kier alpha value is -1.92. The van der Waals surface area contributed by atoms with Crippen LogP contribution in [0.15, 0.2) is 36.4 Å². The molecular weight excluding hydrogens is 250 g/mol. The number of benzene rings is 1. The van der Waals surface area contributed by atoms with Crippen molar-refractivity contribution in [3.05, 3.63) is 47.5 Å². The van der Waals surface area contributed by atoms with Gasteiger partial charge in [-0.3, -0.25) is 4.79 Å². The molecular formula is C17H19NO2. The SMILES string of the molecule is N#Cc1ccc(CO[C@H]2CC[C@H](C=CC=O)CC2)cc1. The van der Waals surface area contributed by atoms with Crippen LogP contribution in [0.3, 0.4) is 0 Å². The van der Waals surface area contributed by atoms with Crippen LogP contribution in [0.2, 0.25) is 0 Å².